The number of carboxylic acid groups (broad SMARTS) is 1. The molecule has 0 saturated heterocycles. The Morgan fingerprint density at radius 2 is 2.10 bits per heavy atom. The molecule has 0 saturated carbocycles. The van der Waals surface area contributed by atoms with Crippen LogP contribution in [0.1, 0.15) is 37.4 Å². The number of nitrogens with zero attached hydrogens (tertiary/aromatic N) is 3. The van der Waals surface area contributed by atoms with Gasteiger partial charge < -0.3 is 14.9 Å². The Morgan fingerprint density at radius 1 is 1.43 bits per heavy atom. The first-order valence-corrected chi connectivity index (χ1v) is 7.83. The van der Waals surface area contributed by atoms with Crippen molar-refractivity contribution >= 4 is 23.3 Å². The molecule has 21 heavy (non-hydrogen) atoms. The Labute approximate surface area is 129 Å². The van der Waals surface area contributed by atoms with Crippen molar-refractivity contribution in [1.29, 1.82) is 0 Å². The fourth-order valence-corrected chi connectivity index (χ4v) is 2.59. The van der Waals surface area contributed by atoms with Gasteiger partial charge in [0.1, 0.15) is 0 Å². The molecule has 6 nitrogen and oxygen atoms in total. The highest BCUT2D eigenvalue weighted by molar-refractivity contribution is 7.09. The average molecular weight is 313 g/mol. The minimum Gasteiger partial charge on any atom is -0.481 e. The number of aromatic nitrogens is 1. The van der Waals surface area contributed by atoms with Crippen molar-refractivity contribution in [3.63, 3.8) is 0 Å². The van der Waals surface area contributed by atoms with Gasteiger partial charge in [0.25, 0.3) is 0 Å². The van der Waals surface area contributed by atoms with Gasteiger partial charge in [-0.25, -0.2) is 9.78 Å². The molecule has 0 aliphatic carbocycles. The topological polar surface area (TPSA) is 73.7 Å². The Morgan fingerprint density at radius 3 is 2.57 bits per heavy atom. The molecule has 0 aromatic carbocycles. The number of aryl methyl sites for hydroxylation is 1. The lowest BCUT2D eigenvalue weighted by atomic mass is 10.2. The molecule has 0 unspecified atom stereocenters. The molecule has 1 aromatic rings. The number of urea groups is 1. The molecular formula is C14H23N3O3S. The first-order chi connectivity index (χ1) is 9.81. The summed E-state index contributed by atoms with van der Waals surface area (Å²) in [6.07, 6.45) is 0.536. The zero-order valence-corrected chi connectivity index (χ0v) is 13.8. The van der Waals surface area contributed by atoms with Crippen LogP contribution < -0.4 is 0 Å². The first-order valence-electron chi connectivity index (χ1n) is 6.95. The number of carbonyl (C=O) groups excluding carboxylic acids is 1. The van der Waals surface area contributed by atoms with Crippen molar-refractivity contribution in [3.05, 3.63) is 16.1 Å². The van der Waals surface area contributed by atoms with Crippen molar-refractivity contribution in [3.8, 4) is 0 Å². The maximum atomic E-state index is 12.5. The van der Waals surface area contributed by atoms with Crippen LogP contribution in [0.15, 0.2) is 5.38 Å². The molecule has 0 bridgehead atoms. The monoisotopic (exact) mass is 313 g/mol. The smallest absolute Gasteiger partial charge is 0.320 e. The zero-order valence-electron chi connectivity index (χ0n) is 13.0. The standard InChI is InChI=1S/C14H23N3O3S/c1-10(2)17(7-5-6-13(18)19)14(20)16(4)8-12-9-21-11(3)15-12/h9-10H,5-8H2,1-4H3,(H,18,19). The van der Waals surface area contributed by atoms with Crippen LogP contribution in [0, 0.1) is 6.92 Å². The molecule has 0 fully saturated rings. The normalized spacial score (nSPS) is 10.7. The van der Waals surface area contributed by atoms with Gasteiger partial charge in [0.05, 0.1) is 17.2 Å². The molecule has 118 valence electrons. The van der Waals surface area contributed by atoms with Crippen molar-refractivity contribution in [1.82, 2.24) is 14.8 Å². The molecule has 0 spiro atoms. The van der Waals surface area contributed by atoms with E-state index in [-0.39, 0.29) is 18.5 Å². The number of hydrogen-bond donors (Lipinski definition) is 1. The van der Waals surface area contributed by atoms with Gasteiger partial charge >= 0.3 is 12.0 Å². The van der Waals surface area contributed by atoms with E-state index in [0.29, 0.717) is 19.5 Å². The Kier molecular flexibility index (Phi) is 6.61. The zero-order chi connectivity index (χ0) is 16.0. The lowest BCUT2D eigenvalue weighted by Gasteiger charge is -2.31. The number of rotatable bonds is 7. The summed E-state index contributed by atoms with van der Waals surface area (Å²) in [5.41, 5.74) is 0.877. The van der Waals surface area contributed by atoms with Gasteiger partial charge in [-0.1, -0.05) is 0 Å². The van der Waals surface area contributed by atoms with Gasteiger partial charge in [0, 0.05) is 31.4 Å². The summed E-state index contributed by atoms with van der Waals surface area (Å²) >= 11 is 1.56. The van der Waals surface area contributed by atoms with E-state index in [4.69, 9.17) is 5.11 Å². The van der Waals surface area contributed by atoms with Crippen LogP contribution in [-0.4, -0.2) is 51.5 Å². The summed E-state index contributed by atoms with van der Waals surface area (Å²) in [5, 5.41) is 11.6. The minimum absolute atomic E-state index is 0.0333. The highest BCUT2D eigenvalue weighted by Crippen LogP contribution is 2.12. The lowest BCUT2D eigenvalue weighted by Crippen LogP contribution is -2.45. The number of carbonyl (C=O) groups is 2. The number of thiazole rings is 1. The molecule has 1 heterocycles. The Balaban J connectivity index is 2.60. The van der Waals surface area contributed by atoms with E-state index in [1.54, 1.807) is 28.2 Å². The molecule has 0 radical (unpaired) electrons. The maximum Gasteiger partial charge on any atom is 0.320 e. The van der Waals surface area contributed by atoms with Crippen LogP contribution in [0.3, 0.4) is 0 Å². The van der Waals surface area contributed by atoms with Crippen LogP contribution in [0.25, 0.3) is 0 Å². The third-order valence-electron chi connectivity index (χ3n) is 3.05. The maximum absolute atomic E-state index is 12.5. The van der Waals surface area contributed by atoms with Crippen LogP contribution >= 0.6 is 11.3 Å². The van der Waals surface area contributed by atoms with Gasteiger partial charge in [0.15, 0.2) is 0 Å². The van der Waals surface area contributed by atoms with Crippen molar-refractivity contribution in [2.75, 3.05) is 13.6 Å². The van der Waals surface area contributed by atoms with Gasteiger partial charge in [-0.15, -0.1) is 11.3 Å². The van der Waals surface area contributed by atoms with Crippen LogP contribution in [0.4, 0.5) is 4.79 Å². The Bertz CT molecular complexity index is 488. The first kappa shape index (κ1) is 17.4. The minimum atomic E-state index is -0.836. The van der Waals surface area contributed by atoms with E-state index in [1.165, 1.54) is 0 Å². The molecule has 2 amide bonds. The predicted octanol–water partition coefficient (Wildman–Crippen LogP) is 2.58. The molecule has 0 aliphatic rings. The molecule has 1 N–H and O–H groups in total. The second-order valence-electron chi connectivity index (χ2n) is 5.28. The number of aliphatic carboxylic acids is 1. The van der Waals surface area contributed by atoms with Crippen LogP contribution in [-0.2, 0) is 11.3 Å². The van der Waals surface area contributed by atoms with Gasteiger partial charge in [0.2, 0.25) is 0 Å². The number of amides is 2. The summed E-state index contributed by atoms with van der Waals surface area (Å²) in [6.45, 7) is 6.70. The molecular weight excluding hydrogens is 290 g/mol. The third kappa shape index (κ3) is 5.71. The quantitative estimate of drug-likeness (QED) is 0.839. The second kappa shape index (κ2) is 7.97. The molecule has 0 atom stereocenters. The summed E-state index contributed by atoms with van der Waals surface area (Å²) < 4.78 is 0. The summed E-state index contributed by atoms with van der Waals surface area (Å²) in [4.78, 5) is 30.7. The van der Waals surface area contributed by atoms with E-state index in [0.717, 1.165) is 10.7 Å². The molecule has 7 heteroatoms. The number of carboxylic acids is 1. The van der Waals surface area contributed by atoms with E-state index in [9.17, 15) is 9.59 Å². The van der Waals surface area contributed by atoms with Gasteiger partial charge in [-0.05, 0) is 27.2 Å². The van der Waals surface area contributed by atoms with E-state index in [2.05, 4.69) is 4.98 Å². The lowest BCUT2D eigenvalue weighted by molar-refractivity contribution is -0.137. The SMILES string of the molecule is Cc1nc(CN(C)C(=O)N(CCCC(=O)O)C(C)C)cs1. The summed E-state index contributed by atoms with van der Waals surface area (Å²) in [5.74, 6) is -0.836. The molecule has 0 aliphatic heterocycles. The fraction of sp³-hybridized carbons (Fsp3) is 0.643. The van der Waals surface area contributed by atoms with E-state index >= 15 is 0 Å². The largest absolute Gasteiger partial charge is 0.481 e. The van der Waals surface area contributed by atoms with Crippen molar-refractivity contribution in [2.24, 2.45) is 0 Å². The predicted molar refractivity (Wildman–Crippen MR) is 82.4 cm³/mol. The number of hydrogen-bond acceptors (Lipinski definition) is 4. The second-order valence-corrected chi connectivity index (χ2v) is 6.34. The summed E-state index contributed by atoms with van der Waals surface area (Å²) in [6, 6.07) is -0.0630. The third-order valence-corrected chi connectivity index (χ3v) is 3.87. The molecule has 1 aromatic heterocycles. The highest BCUT2D eigenvalue weighted by atomic mass is 32.1. The van der Waals surface area contributed by atoms with Crippen molar-refractivity contribution in [2.45, 2.75) is 46.2 Å². The summed E-state index contributed by atoms with van der Waals surface area (Å²) in [7, 11) is 1.74. The Hall–Kier alpha value is -1.63. The van der Waals surface area contributed by atoms with Gasteiger partial charge in [-0.3, -0.25) is 4.79 Å². The average Bonchev–Trinajstić information content (AvgIpc) is 2.78. The van der Waals surface area contributed by atoms with Crippen LogP contribution in [0.2, 0.25) is 0 Å². The van der Waals surface area contributed by atoms with Gasteiger partial charge in [-0.2, -0.15) is 0 Å². The van der Waals surface area contributed by atoms with E-state index < -0.39 is 5.97 Å². The van der Waals surface area contributed by atoms with Crippen molar-refractivity contribution < 1.29 is 14.7 Å². The fourth-order valence-electron chi connectivity index (χ4n) is 1.99. The highest BCUT2D eigenvalue weighted by Gasteiger charge is 2.21. The van der Waals surface area contributed by atoms with Crippen LogP contribution in [0.5, 0.6) is 0 Å². The molecule has 1 rings (SSSR count). The van der Waals surface area contributed by atoms with E-state index in [1.807, 2.05) is 26.2 Å².